The van der Waals surface area contributed by atoms with Crippen LogP contribution in [0.3, 0.4) is 0 Å². The van der Waals surface area contributed by atoms with E-state index in [-0.39, 0.29) is 30.2 Å². The van der Waals surface area contributed by atoms with Crippen molar-refractivity contribution in [3.63, 3.8) is 0 Å². The van der Waals surface area contributed by atoms with E-state index >= 15 is 0 Å². The fourth-order valence-electron chi connectivity index (χ4n) is 5.96. The van der Waals surface area contributed by atoms with Crippen molar-refractivity contribution >= 4 is 17.5 Å². The Hall–Kier alpha value is -3.78. The molecule has 0 aliphatic carbocycles. The normalized spacial score (nSPS) is 19.6. The number of carbonyl (C=O) groups is 2. The number of carbonyl (C=O) groups excluding carboxylic acids is 2. The first-order chi connectivity index (χ1) is 19.5. The van der Waals surface area contributed by atoms with E-state index in [4.69, 9.17) is 4.74 Å². The second-order valence-electron chi connectivity index (χ2n) is 10.7. The predicted molar refractivity (Wildman–Crippen MR) is 152 cm³/mol. The molecule has 40 heavy (non-hydrogen) atoms. The standard InChI is InChI=1S/C32H37FN4O3/c1-24(38)36-18-16-27-14-15-28(37(27)21-25-8-6-17-34-20-25)23-35(22-26-9-2-4-11-30(26)36)32(39)13-7-19-40-31-12-5-3-10-29(31)33/h2-6,8-12,17,20,27-28H,7,13-16,18-19,21-23H2,1H3. The molecule has 2 aliphatic heterocycles. The lowest BCUT2D eigenvalue weighted by Crippen LogP contribution is -2.45. The van der Waals surface area contributed by atoms with Gasteiger partial charge in [0.05, 0.1) is 6.61 Å². The second kappa shape index (κ2) is 13.0. The van der Waals surface area contributed by atoms with Gasteiger partial charge in [0.1, 0.15) is 0 Å². The number of hydrogen-bond acceptors (Lipinski definition) is 5. The van der Waals surface area contributed by atoms with Gasteiger partial charge in [0.2, 0.25) is 11.8 Å². The molecular formula is C32H37FN4O3. The Morgan fingerprint density at radius 1 is 1.00 bits per heavy atom. The molecule has 2 amide bonds. The van der Waals surface area contributed by atoms with Crippen molar-refractivity contribution in [1.82, 2.24) is 14.8 Å². The number of benzene rings is 2. The van der Waals surface area contributed by atoms with Crippen molar-refractivity contribution < 1.29 is 18.7 Å². The number of amides is 2. The van der Waals surface area contributed by atoms with Gasteiger partial charge in [-0.05, 0) is 61.1 Å². The van der Waals surface area contributed by atoms with E-state index in [1.54, 1.807) is 31.3 Å². The molecule has 1 saturated heterocycles. The molecule has 2 bridgehead atoms. The highest BCUT2D eigenvalue weighted by Crippen LogP contribution is 2.32. The number of halogens is 1. The summed E-state index contributed by atoms with van der Waals surface area (Å²) in [7, 11) is 0. The minimum atomic E-state index is -0.405. The number of aromatic nitrogens is 1. The molecule has 2 aliphatic rings. The van der Waals surface area contributed by atoms with E-state index < -0.39 is 5.82 Å². The van der Waals surface area contributed by atoms with Gasteiger partial charge in [-0.3, -0.25) is 19.5 Å². The number of fused-ring (bicyclic) bond motifs is 3. The van der Waals surface area contributed by atoms with Gasteiger partial charge in [0, 0.05) is 69.7 Å². The third-order valence-corrected chi connectivity index (χ3v) is 7.98. The Kier molecular flexibility index (Phi) is 9.06. The topological polar surface area (TPSA) is 66.0 Å². The number of pyridine rings is 1. The van der Waals surface area contributed by atoms with E-state index in [1.807, 2.05) is 46.3 Å². The van der Waals surface area contributed by atoms with E-state index in [1.165, 1.54) is 6.07 Å². The van der Waals surface area contributed by atoms with Crippen molar-refractivity contribution in [1.29, 1.82) is 0 Å². The molecule has 0 N–H and O–H groups in total. The summed E-state index contributed by atoms with van der Waals surface area (Å²) < 4.78 is 19.5. The number of hydrogen-bond donors (Lipinski definition) is 0. The summed E-state index contributed by atoms with van der Waals surface area (Å²) >= 11 is 0. The van der Waals surface area contributed by atoms with Gasteiger partial charge in [-0.25, -0.2) is 4.39 Å². The first kappa shape index (κ1) is 27.8. The van der Waals surface area contributed by atoms with Crippen molar-refractivity contribution in [2.45, 2.75) is 64.2 Å². The average Bonchev–Trinajstić information content (AvgIpc) is 3.31. The highest BCUT2D eigenvalue weighted by atomic mass is 19.1. The maximum Gasteiger partial charge on any atom is 0.223 e. The number of ether oxygens (including phenoxy) is 1. The number of nitrogens with zero attached hydrogens (tertiary/aromatic N) is 4. The Balaban J connectivity index is 1.37. The van der Waals surface area contributed by atoms with Crippen LogP contribution in [0.1, 0.15) is 50.2 Å². The van der Waals surface area contributed by atoms with Gasteiger partial charge in [0.25, 0.3) is 0 Å². The molecule has 0 radical (unpaired) electrons. The highest BCUT2D eigenvalue weighted by molar-refractivity contribution is 5.92. The van der Waals surface area contributed by atoms with Gasteiger partial charge >= 0.3 is 0 Å². The number of rotatable bonds is 7. The minimum absolute atomic E-state index is 0.00298. The summed E-state index contributed by atoms with van der Waals surface area (Å²) in [4.78, 5) is 37.1. The fraction of sp³-hybridized carbons (Fsp3) is 0.406. The smallest absolute Gasteiger partial charge is 0.223 e. The molecule has 0 saturated carbocycles. The van der Waals surface area contributed by atoms with Gasteiger partial charge in [-0.2, -0.15) is 0 Å². The maximum atomic E-state index is 13.9. The van der Waals surface area contributed by atoms with Crippen LogP contribution in [0, 0.1) is 5.82 Å². The van der Waals surface area contributed by atoms with Crippen molar-refractivity contribution in [3.8, 4) is 5.75 Å². The summed E-state index contributed by atoms with van der Waals surface area (Å²) in [6.45, 7) is 4.30. The summed E-state index contributed by atoms with van der Waals surface area (Å²) in [6, 6.07) is 18.8. The first-order valence-corrected chi connectivity index (χ1v) is 14.2. The highest BCUT2D eigenvalue weighted by Gasteiger charge is 2.36. The molecule has 3 aromatic rings. The SMILES string of the molecule is CC(=O)N1CCC2CCC(CN(C(=O)CCCOc3ccccc3F)Cc3ccccc31)N2Cc1cccnc1. The third-order valence-electron chi connectivity index (χ3n) is 7.98. The van der Waals surface area contributed by atoms with E-state index in [0.29, 0.717) is 38.5 Å². The van der Waals surface area contributed by atoms with Crippen molar-refractivity contribution in [3.05, 3.63) is 90.0 Å². The molecule has 0 spiro atoms. The van der Waals surface area contributed by atoms with E-state index in [2.05, 4.69) is 16.0 Å². The fourth-order valence-corrected chi connectivity index (χ4v) is 5.96. The zero-order chi connectivity index (χ0) is 27.9. The molecule has 2 aromatic carbocycles. The Labute approximate surface area is 235 Å². The second-order valence-corrected chi connectivity index (χ2v) is 10.7. The van der Waals surface area contributed by atoms with Crippen LogP contribution < -0.4 is 9.64 Å². The zero-order valence-corrected chi connectivity index (χ0v) is 23.0. The van der Waals surface area contributed by atoms with Gasteiger partial charge in [0.15, 0.2) is 11.6 Å². The maximum absolute atomic E-state index is 13.9. The van der Waals surface area contributed by atoms with Crippen LogP contribution in [-0.2, 0) is 22.7 Å². The van der Waals surface area contributed by atoms with Crippen molar-refractivity contribution in [2.75, 3.05) is 24.6 Å². The molecule has 1 aromatic heterocycles. The molecule has 210 valence electrons. The summed E-state index contributed by atoms with van der Waals surface area (Å²) in [5.41, 5.74) is 2.97. The monoisotopic (exact) mass is 544 g/mol. The Bertz CT molecular complexity index is 1300. The molecule has 5 rings (SSSR count). The molecule has 2 unspecified atom stereocenters. The summed E-state index contributed by atoms with van der Waals surface area (Å²) in [6.07, 6.45) is 7.35. The first-order valence-electron chi connectivity index (χ1n) is 14.2. The van der Waals surface area contributed by atoms with Crippen molar-refractivity contribution in [2.24, 2.45) is 0 Å². The van der Waals surface area contributed by atoms with Gasteiger partial charge in [-0.1, -0.05) is 36.4 Å². The molecule has 2 atom stereocenters. The number of anilines is 1. The number of para-hydroxylation sites is 2. The van der Waals surface area contributed by atoms with Crippen LogP contribution in [0.5, 0.6) is 5.75 Å². The Morgan fingerprint density at radius 3 is 2.60 bits per heavy atom. The lowest BCUT2D eigenvalue weighted by atomic mass is 10.1. The summed E-state index contributed by atoms with van der Waals surface area (Å²) in [5.74, 6) is -0.169. The third kappa shape index (κ3) is 6.67. The lowest BCUT2D eigenvalue weighted by Gasteiger charge is -2.34. The molecule has 7 nitrogen and oxygen atoms in total. The lowest BCUT2D eigenvalue weighted by molar-refractivity contribution is -0.133. The quantitative estimate of drug-likeness (QED) is 0.383. The van der Waals surface area contributed by atoms with Crippen LogP contribution in [0.15, 0.2) is 73.1 Å². The predicted octanol–water partition coefficient (Wildman–Crippen LogP) is 5.20. The van der Waals surface area contributed by atoms with Gasteiger partial charge in [-0.15, -0.1) is 0 Å². The average molecular weight is 545 g/mol. The molecular weight excluding hydrogens is 507 g/mol. The van der Waals surface area contributed by atoms with Gasteiger partial charge < -0.3 is 14.5 Å². The van der Waals surface area contributed by atoms with E-state index in [9.17, 15) is 14.0 Å². The molecule has 8 heteroatoms. The van der Waals surface area contributed by atoms with E-state index in [0.717, 1.165) is 42.6 Å². The minimum Gasteiger partial charge on any atom is -0.491 e. The Morgan fingerprint density at radius 2 is 1.80 bits per heavy atom. The summed E-state index contributed by atoms with van der Waals surface area (Å²) in [5, 5.41) is 0. The van der Waals surface area contributed by atoms with Crippen LogP contribution in [0.25, 0.3) is 0 Å². The molecule has 3 heterocycles. The van der Waals surface area contributed by atoms with Crippen LogP contribution >= 0.6 is 0 Å². The van der Waals surface area contributed by atoms with Crippen LogP contribution in [0.2, 0.25) is 0 Å². The van der Waals surface area contributed by atoms with Crippen LogP contribution in [-0.4, -0.2) is 58.4 Å². The van der Waals surface area contributed by atoms with Crippen LogP contribution in [0.4, 0.5) is 10.1 Å². The largest absolute Gasteiger partial charge is 0.491 e. The molecule has 1 fully saturated rings. The zero-order valence-electron chi connectivity index (χ0n) is 23.0.